The molecule has 8 heteroatoms. The van der Waals surface area contributed by atoms with Gasteiger partial charge in [0.15, 0.2) is 0 Å². The smallest absolute Gasteiger partial charge is 0.322 e. The summed E-state index contributed by atoms with van der Waals surface area (Å²) in [5.41, 5.74) is 2.81. The van der Waals surface area contributed by atoms with Crippen LogP contribution in [0.5, 0.6) is 0 Å². The van der Waals surface area contributed by atoms with Crippen LogP contribution in [-0.2, 0) is 9.53 Å². The molecule has 0 bridgehead atoms. The Hall–Kier alpha value is -1.80. The Bertz CT molecular complexity index is 662. The molecular formula is C17H24N4O3S. The van der Waals surface area contributed by atoms with Gasteiger partial charge in [-0.1, -0.05) is 0 Å². The maximum absolute atomic E-state index is 12.5. The summed E-state index contributed by atoms with van der Waals surface area (Å²) in [5.74, 6) is 0.593. The minimum atomic E-state index is -0.262. The number of thioether (sulfide) groups is 1. The minimum absolute atomic E-state index is 0.0388. The van der Waals surface area contributed by atoms with Gasteiger partial charge in [-0.3, -0.25) is 9.69 Å². The van der Waals surface area contributed by atoms with Crippen molar-refractivity contribution < 1.29 is 14.3 Å². The van der Waals surface area contributed by atoms with Crippen LogP contribution in [0.25, 0.3) is 0 Å². The lowest BCUT2D eigenvalue weighted by Crippen LogP contribution is -2.47. The molecule has 136 valence electrons. The molecule has 3 rings (SSSR count). The number of nitrogens with zero attached hydrogens (tertiary/aromatic N) is 2. The number of hydrogen-bond acceptors (Lipinski definition) is 5. The molecule has 0 radical (unpaired) electrons. The highest BCUT2D eigenvalue weighted by Crippen LogP contribution is 2.36. The fraction of sp³-hybridized carbons (Fsp3) is 0.588. The van der Waals surface area contributed by atoms with Gasteiger partial charge in [-0.15, -0.1) is 11.8 Å². The zero-order valence-electron chi connectivity index (χ0n) is 14.6. The van der Waals surface area contributed by atoms with Gasteiger partial charge in [0.2, 0.25) is 5.91 Å². The van der Waals surface area contributed by atoms with E-state index in [0.29, 0.717) is 13.1 Å². The Morgan fingerprint density at radius 1 is 1.40 bits per heavy atom. The predicted molar refractivity (Wildman–Crippen MR) is 97.2 cm³/mol. The lowest BCUT2D eigenvalue weighted by molar-refractivity contribution is -0.120. The number of urea groups is 1. The summed E-state index contributed by atoms with van der Waals surface area (Å²) in [7, 11) is 0. The van der Waals surface area contributed by atoms with E-state index in [4.69, 9.17) is 4.74 Å². The van der Waals surface area contributed by atoms with Crippen molar-refractivity contribution in [3.8, 4) is 0 Å². The molecule has 0 spiro atoms. The molecule has 1 atom stereocenters. The topological polar surface area (TPSA) is 83.6 Å². The average molecular weight is 364 g/mol. The van der Waals surface area contributed by atoms with Crippen LogP contribution in [0, 0.1) is 13.8 Å². The van der Waals surface area contributed by atoms with Crippen molar-refractivity contribution in [2.75, 3.05) is 36.9 Å². The number of aromatic nitrogens is 1. The zero-order valence-corrected chi connectivity index (χ0v) is 15.4. The first-order valence-corrected chi connectivity index (χ1v) is 9.58. The minimum Gasteiger partial charge on any atom is -0.376 e. The fourth-order valence-corrected chi connectivity index (χ4v) is 4.20. The molecule has 1 aromatic rings. The molecule has 0 aliphatic carbocycles. The highest BCUT2D eigenvalue weighted by Gasteiger charge is 2.26. The number of carbonyl (C=O) groups excluding carboxylic acids is 2. The maximum atomic E-state index is 12.5. The molecule has 0 saturated carbocycles. The van der Waals surface area contributed by atoms with Crippen molar-refractivity contribution in [3.63, 3.8) is 0 Å². The van der Waals surface area contributed by atoms with Gasteiger partial charge < -0.3 is 15.4 Å². The number of rotatable bonds is 4. The number of nitrogens with one attached hydrogen (secondary N) is 2. The monoisotopic (exact) mass is 364 g/mol. The highest BCUT2D eigenvalue weighted by atomic mass is 32.2. The molecule has 2 aliphatic rings. The summed E-state index contributed by atoms with van der Waals surface area (Å²) < 4.78 is 5.47. The normalized spacial score (nSPS) is 19.4. The second-order valence-electron chi connectivity index (χ2n) is 6.33. The predicted octanol–water partition coefficient (Wildman–Crippen LogP) is 1.62. The molecule has 2 aliphatic heterocycles. The van der Waals surface area contributed by atoms with E-state index in [1.54, 1.807) is 16.7 Å². The van der Waals surface area contributed by atoms with E-state index in [1.165, 1.54) is 0 Å². The van der Waals surface area contributed by atoms with Crippen LogP contribution in [0.1, 0.15) is 24.1 Å². The van der Waals surface area contributed by atoms with Crippen LogP contribution >= 0.6 is 11.8 Å². The summed E-state index contributed by atoms with van der Waals surface area (Å²) in [4.78, 5) is 30.7. The van der Waals surface area contributed by atoms with Gasteiger partial charge in [-0.2, -0.15) is 0 Å². The van der Waals surface area contributed by atoms with Crippen LogP contribution in [0.3, 0.4) is 0 Å². The maximum Gasteiger partial charge on any atom is 0.322 e. The zero-order chi connectivity index (χ0) is 17.8. The van der Waals surface area contributed by atoms with Gasteiger partial charge in [0.05, 0.1) is 18.3 Å². The van der Waals surface area contributed by atoms with Crippen molar-refractivity contribution in [3.05, 3.63) is 17.3 Å². The fourth-order valence-electron chi connectivity index (χ4n) is 3.12. The number of aryl methyl sites for hydroxylation is 2. The first-order chi connectivity index (χ1) is 12.0. The molecule has 1 fully saturated rings. The van der Waals surface area contributed by atoms with Gasteiger partial charge in [0.1, 0.15) is 5.03 Å². The van der Waals surface area contributed by atoms with E-state index >= 15 is 0 Å². The van der Waals surface area contributed by atoms with Gasteiger partial charge in [0.25, 0.3) is 0 Å². The molecule has 1 saturated heterocycles. The summed E-state index contributed by atoms with van der Waals surface area (Å²) in [6.07, 6.45) is 2.11. The Kier molecular flexibility index (Phi) is 5.80. The largest absolute Gasteiger partial charge is 0.376 e. The standard InChI is InChI=1S/C17H24N4O3S/c1-11-8-12(2)20-16-15(11)21(5-7-25-16)17(23)19-10-14(22)18-9-13-4-3-6-24-13/h8,13H,3-7,9-10H2,1-2H3,(H,18,22)(H,19,23)/t13-/m0/s1. The molecule has 2 N–H and O–H groups in total. The number of amides is 3. The van der Waals surface area contributed by atoms with Crippen molar-refractivity contribution in [1.82, 2.24) is 15.6 Å². The van der Waals surface area contributed by atoms with Crippen LogP contribution in [-0.4, -0.2) is 55.0 Å². The third-order valence-corrected chi connectivity index (χ3v) is 5.24. The lowest BCUT2D eigenvalue weighted by Gasteiger charge is -2.30. The summed E-state index contributed by atoms with van der Waals surface area (Å²) >= 11 is 1.66. The van der Waals surface area contributed by atoms with Crippen LogP contribution in [0.15, 0.2) is 11.1 Å². The Morgan fingerprint density at radius 2 is 2.24 bits per heavy atom. The number of ether oxygens (including phenoxy) is 1. The van der Waals surface area contributed by atoms with E-state index in [-0.39, 0.29) is 24.6 Å². The second kappa shape index (κ2) is 8.05. The van der Waals surface area contributed by atoms with Crippen molar-refractivity contribution in [1.29, 1.82) is 0 Å². The number of carbonyl (C=O) groups is 2. The summed E-state index contributed by atoms with van der Waals surface area (Å²) in [6, 6.07) is 1.71. The van der Waals surface area contributed by atoms with E-state index in [9.17, 15) is 9.59 Å². The van der Waals surface area contributed by atoms with E-state index in [0.717, 1.165) is 47.2 Å². The lowest BCUT2D eigenvalue weighted by atomic mass is 10.2. The average Bonchev–Trinajstić information content (AvgIpc) is 3.10. The first kappa shape index (κ1) is 18.0. The highest BCUT2D eigenvalue weighted by molar-refractivity contribution is 7.99. The number of hydrogen-bond donors (Lipinski definition) is 2. The third kappa shape index (κ3) is 4.43. The molecule has 25 heavy (non-hydrogen) atoms. The number of fused-ring (bicyclic) bond motifs is 1. The van der Waals surface area contributed by atoms with Gasteiger partial charge in [-0.25, -0.2) is 9.78 Å². The van der Waals surface area contributed by atoms with Gasteiger partial charge in [-0.05, 0) is 38.3 Å². The molecule has 3 heterocycles. The Morgan fingerprint density at radius 3 is 3.00 bits per heavy atom. The van der Waals surface area contributed by atoms with Gasteiger partial charge >= 0.3 is 6.03 Å². The number of pyridine rings is 1. The van der Waals surface area contributed by atoms with Crippen molar-refractivity contribution in [2.45, 2.75) is 37.8 Å². The molecule has 1 aromatic heterocycles. The SMILES string of the molecule is Cc1cc(C)c2c(n1)SCCN2C(=O)NCC(=O)NC[C@@H]1CCCO1. The first-order valence-electron chi connectivity index (χ1n) is 8.59. The number of anilines is 1. The molecular weight excluding hydrogens is 340 g/mol. The second-order valence-corrected chi connectivity index (χ2v) is 7.42. The Labute approximate surface area is 151 Å². The van der Waals surface area contributed by atoms with Crippen LogP contribution in [0.4, 0.5) is 10.5 Å². The molecule has 3 amide bonds. The quantitative estimate of drug-likeness (QED) is 0.848. The molecule has 0 unspecified atom stereocenters. The molecule has 7 nitrogen and oxygen atoms in total. The summed E-state index contributed by atoms with van der Waals surface area (Å²) in [6.45, 7) is 5.76. The Balaban J connectivity index is 1.54. The van der Waals surface area contributed by atoms with Crippen molar-refractivity contribution >= 4 is 29.4 Å². The van der Waals surface area contributed by atoms with Crippen molar-refractivity contribution in [2.24, 2.45) is 0 Å². The van der Waals surface area contributed by atoms with E-state index in [2.05, 4.69) is 15.6 Å². The third-order valence-electron chi connectivity index (χ3n) is 4.30. The van der Waals surface area contributed by atoms with Crippen LogP contribution in [0.2, 0.25) is 0 Å². The van der Waals surface area contributed by atoms with Crippen LogP contribution < -0.4 is 15.5 Å². The van der Waals surface area contributed by atoms with Gasteiger partial charge in [0, 0.05) is 31.1 Å². The van der Waals surface area contributed by atoms with E-state index < -0.39 is 0 Å². The van der Waals surface area contributed by atoms with E-state index in [1.807, 2.05) is 19.9 Å². The summed E-state index contributed by atoms with van der Waals surface area (Å²) in [5, 5.41) is 6.39. The molecule has 0 aromatic carbocycles.